The summed E-state index contributed by atoms with van der Waals surface area (Å²) in [5.74, 6) is 0.388. The normalized spacial score (nSPS) is 11.8. The molecule has 2 heterocycles. The number of pyridine rings is 1. The smallest absolute Gasteiger partial charge is 0.297 e. The zero-order valence-electron chi connectivity index (χ0n) is 17.3. The third-order valence-corrected chi connectivity index (χ3v) is 6.10. The van der Waals surface area contributed by atoms with Gasteiger partial charge in [-0.25, -0.2) is 19.3 Å². The van der Waals surface area contributed by atoms with Gasteiger partial charge in [0.1, 0.15) is 12.1 Å². The van der Waals surface area contributed by atoms with Crippen molar-refractivity contribution in [3.05, 3.63) is 64.0 Å². The zero-order valence-corrected chi connectivity index (χ0v) is 19.7. The summed E-state index contributed by atoms with van der Waals surface area (Å²) in [6.07, 6.45) is 7.32. The maximum absolute atomic E-state index is 13.4. The highest BCUT2D eigenvalue weighted by atomic mass is 127. The maximum atomic E-state index is 13.4. The molecule has 1 aromatic carbocycles. The summed E-state index contributed by atoms with van der Waals surface area (Å²) < 4.78 is 14.2. The molecule has 0 bridgehead atoms. The van der Waals surface area contributed by atoms with Crippen molar-refractivity contribution in [2.45, 2.75) is 39.0 Å². The van der Waals surface area contributed by atoms with Gasteiger partial charge in [-0.2, -0.15) is 0 Å². The summed E-state index contributed by atoms with van der Waals surface area (Å²) in [4.78, 5) is 25.2. The number of hydrogen-bond acceptors (Lipinski definition) is 5. The Kier molecular flexibility index (Phi) is 8.27. The van der Waals surface area contributed by atoms with Gasteiger partial charge in [0, 0.05) is 24.4 Å². The van der Waals surface area contributed by atoms with E-state index in [0.29, 0.717) is 29.5 Å². The van der Waals surface area contributed by atoms with E-state index in [4.69, 9.17) is 5.73 Å². The van der Waals surface area contributed by atoms with Crippen LogP contribution in [0, 0.1) is 15.3 Å². The molecule has 162 valence electrons. The van der Waals surface area contributed by atoms with Crippen molar-refractivity contribution in [3.8, 4) is 11.3 Å². The Hall–Kier alpha value is -2.62. The standard InChI is InChI=1S/C23H25FIN5O/c1-2-15(12-17-10-11-27-14-28-17)4-3-5-22(31)30-23-20(26)8-9-21(29-23)18-7-6-16(24)13-19(18)25/h6-11,13-15,25H,2-5,12,26H2,1H3/p+1. The molecule has 0 fully saturated rings. The molecular weight excluding hydrogens is 508 g/mol. The molecule has 3 rings (SSSR count). The highest BCUT2D eigenvalue weighted by Gasteiger charge is 2.15. The monoisotopic (exact) mass is 534 g/mol. The average Bonchev–Trinajstić information content (AvgIpc) is 2.75. The number of hydrogen-bond donors (Lipinski definition) is 2. The van der Waals surface area contributed by atoms with E-state index in [1.165, 1.54) is 12.1 Å². The first-order valence-electron chi connectivity index (χ1n) is 10.2. The van der Waals surface area contributed by atoms with Gasteiger partial charge in [0.15, 0.2) is 9.39 Å². The van der Waals surface area contributed by atoms with Crippen LogP contribution in [0.5, 0.6) is 0 Å². The molecule has 1 unspecified atom stereocenters. The molecule has 3 aromatic rings. The van der Waals surface area contributed by atoms with Gasteiger partial charge in [0.2, 0.25) is 5.91 Å². The first-order valence-corrected chi connectivity index (χ1v) is 11.4. The summed E-state index contributed by atoms with van der Waals surface area (Å²) in [6, 6.07) is 9.94. The van der Waals surface area contributed by atoms with Gasteiger partial charge in [-0.1, -0.05) is 13.3 Å². The number of anilines is 2. The van der Waals surface area contributed by atoms with E-state index in [-0.39, 0.29) is 11.7 Å². The number of rotatable bonds is 9. The quantitative estimate of drug-likeness (QED) is 0.401. The fraction of sp³-hybridized carbons (Fsp3) is 0.304. The number of nitrogens with two attached hydrogens (primary N) is 1. The van der Waals surface area contributed by atoms with E-state index in [2.05, 4.69) is 27.2 Å². The van der Waals surface area contributed by atoms with E-state index in [0.717, 1.165) is 40.5 Å². The number of nitrogens with one attached hydrogen (secondary N) is 1. The number of benzene rings is 1. The number of nitrogens with zero attached hydrogens (tertiary/aromatic N) is 3. The lowest BCUT2D eigenvalue weighted by molar-refractivity contribution is -0.327. The molecule has 8 heteroatoms. The number of aromatic nitrogens is 3. The summed E-state index contributed by atoms with van der Waals surface area (Å²) in [6.45, 7) is 2.15. The number of carbonyl (C=O) groups excluding carboxylic acids is 1. The number of halogens is 2. The first kappa shape index (κ1) is 23.1. The summed E-state index contributed by atoms with van der Waals surface area (Å²) in [7, 11) is 0. The fourth-order valence-electron chi connectivity index (χ4n) is 3.36. The minimum Gasteiger partial charge on any atom is -0.396 e. The van der Waals surface area contributed by atoms with Crippen molar-refractivity contribution < 1.29 is 31.8 Å². The number of nitrogen functional groups attached to an aromatic ring is 1. The van der Waals surface area contributed by atoms with E-state index < -0.39 is 0 Å². The summed E-state index contributed by atoms with van der Waals surface area (Å²) in [5.41, 5.74) is 8.88. The molecule has 0 spiro atoms. The average molecular weight is 534 g/mol. The predicted octanol–water partition coefficient (Wildman–Crippen LogP) is 1.09. The molecule has 6 nitrogen and oxygen atoms in total. The van der Waals surface area contributed by atoms with E-state index in [1.807, 2.05) is 6.07 Å². The molecule has 0 aliphatic carbocycles. The van der Waals surface area contributed by atoms with E-state index in [1.54, 1.807) is 53.3 Å². The van der Waals surface area contributed by atoms with Gasteiger partial charge in [-0.15, -0.1) is 0 Å². The highest BCUT2D eigenvalue weighted by molar-refractivity contribution is 5.92. The van der Waals surface area contributed by atoms with Gasteiger partial charge >= 0.3 is 0 Å². The Morgan fingerprint density at radius 1 is 1.26 bits per heavy atom. The van der Waals surface area contributed by atoms with Gasteiger partial charge in [0.25, 0.3) is 22.6 Å². The Balaban J connectivity index is 1.57. The molecule has 0 saturated heterocycles. The van der Waals surface area contributed by atoms with Crippen molar-refractivity contribution in [1.82, 2.24) is 15.0 Å². The van der Waals surface area contributed by atoms with Gasteiger partial charge < -0.3 is 11.1 Å². The molecule has 2 aromatic heterocycles. The van der Waals surface area contributed by atoms with Crippen molar-refractivity contribution in [1.29, 1.82) is 0 Å². The van der Waals surface area contributed by atoms with Crippen LogP contribution < -0.4 is 33.6 Å². The van der Waals surface area contributed by atoms with E-state index >= 15 is 0 Å². The Morgan fingerprint density at radius 3 is 2.81 bits per heavy atom. The number of carbonyl (C=O) groups is 1. The fourth-order valence-corrected chi connectivity index (χ4v) is 4.17. The lowest BCUT2D eigenvalue weighted by atomic mass is 9.94. The van der Waals surface area contributed by atoms with Crippen LogP contribution in [0.2, 0.25) is 0 Å². The largest absolute Gasteiger partial charge is 0.396 e. The molecule has 0 aliphatic rings. The molecule has 0 saturated carbocycles. The predicted molar refractivity (Wildman–Crippen MR) is 116 cm³/mol. The molecule has 31 heavy (non-hydrogen) atoms. The Morgan fingerprint density at radius 2 is 2.10 bits per heavy atom. The van der Waals surface area contributed by atoms with Crippen molar-refractivity contribution in [2.75, 3.05) is 11.1 Å². The zero-order chi connectivity index (χ0) is 22.2. The summed E-state index contributed by atoms with van der Waals surface area (Å²) >= 11 is 1.74. The second-order valence-electron chi connectivity index (χ2n) is 7.39. The minimum absolute atomic E-state index is 0.121. The third-order valence-electron chi connectivity index (χ3n) is 5.14. The second-order valence-corrected chi connectivity index (χ2v) is 8.65. The van der Waals surface area contributed by atoms with Gasteiger partial charge in [0.05, 0.1) is 16.9 Å². The van der Waals surface area contributed by atoms with E-state index in [9.17, 15) is 9.18 Å². The molecule has 0 radical (unpaired) electrons. The Bertz CT molecular complexity index is 1030. The molecule has 3 N–H and O–H groups in total. The molecule has 0 aliphatic heterocycles. The number of amides is 1. The SMILES string of the molecule is CCC(CCCC(=O)Nc1nc(-c2ccc(F)cc2[IH+])ccc1N)Cc1ccncn1. The molecule has 1 atom stereocenters. The van der Waals surface area contributed by atoms with Crippen LogP contribution in [0.4, 0.5) is 15.9 Å². The maximum Gasteiger partial charge on any atom is 0.297 e. The van der Waals surface area contributed by atoms with Crippen LogP contribution in [0.3, 0.4) is 0 Å². The lowest BCUT2D eigenvalue weighted by Gasteiger charge is -2.14. The Labute approximate surface area is 195 Å². The van der Waals surface area contributed by atoms with Gasteiger partial charge in [-0.3, -0.25) is 4.79 Å². The van der Waals surface area contributed by atoms with Crippen LogP contribution in [0.1, 0.15) is 38.3 Å². The molecular formula is C23H26FIN5O+. The third kappa shape index (κ3) is 6.68. The van der Waals surface area contributed by atoms with Crippen LogP contribution in [-0.4, -0.2) is 20.9 Å². The van der Waals surface area contributed by atoms with Crippen LogP contribution >= 0.6 is 0 Å². The molecule has 1 amide bonds. The first-order chi connectivity index (χ1) is 15.0. The van der Waals surface area contributed by atoms with Gasteiger partial charge in [-0.05, 0) is 55.5 Å². The van der Waals surface area contributed by atoms with Crippen LogP contribution in [0.15, 0.2) is 48.9 Å². The minimum atomic E-state index is -0.294. The highest BCUT2D eigenvalue weighted by Crippen LogP contribution is 2.24. The second kappa shape index (κ2) is 11.1. The lowest BCUT2D eigenvalue weighted by Crippen LogP contribution is -3.34. The topological polar surface area (TPSA) is 93.8 Å². The van der Waals surface area contributed by atoms with Crippen LogP contribution in [0.25, 0.3) is 11.3 Å². The summed E-state index contributed by atoms with van der Waals surface area (Å²) in [5, 5.41) is 2.82. The van der Waals surface area contributed by atoms with Crippen molar-refractivity contribution >= 4 is 17.4 Å². The van der Waals surface area contributed by atoms with Crippen LogP contribution in [-0.2, 0) is 11.2 Å². The van der Waals surface area contributed by atoms with Crippen molar-refractivity contribution in [3.63, 3.8) is 0 Å². The van der Waals surface area contributed by atoms with Crippen molar-refractivity contribution in [2.24, 2.45) is 5.92 Å².